The standard InChI is InChI=1S/C18H22F3N3O3.ClH/c19-18(20,21)27-15-5-3-13(4-6-15)10-16(25)23-8-1-2-14(12-23)24-9-7-22-11-17(24)26;/h3-6,14,22H,1-2,7-12H2;1H. The summed E-state index contributed by atoms with van der Waals surface area (Å²) in [4.78, 5) is 28.2. The first-order chi connectivity index (χ1) is 12.8. The Morgan fingerprint density at radius 2 is 1.93 bits per heavy atom. The molecule has 1 aromatic rings. The molecule has 1 aromatic carbocycles. The fraction of sp³-hybridized carbons (Fsp3) is 0.556. The van der Waals surface area contributed by atoms with Gasteiger partial charge in [0.25, 0.3) is 0 Å². The maximum atomic E-state index is 12.6. The molecule has 3 rings (SSSR count). The number of hydrogen-bond acceptors (Lipinski definition) is 4. The molecule has 2 amide bonds. The number of benzene rings is 1. The van der Waals surface area contributed by atoms with E-state index < -0.39 is 6.36 Å². The number of carbonyl (C=O) groups excluding carboxylic acids is 2. The summed E-state index contributed by atoms with van der Waals surface area (Å²) in [7, 11) is 0. The van der Waals surface area contributed by atoms with Crippen LogP contribution in [0.2, 0.25) is 0 Å². The van der Waals surface area contributed by atoms with Crippen molar-refractivity contribution in [2.75, 3.05) is 32.7 Å². The highest BCUT2D eigenvalue weighted by Crippen LogP contribution is 2.23. The molecule has 156 valence electrons. The van der Waals surface area contributed by atoms with Crippen LogP contribution < -0.4 is 10.1 Å². The smallest absolute Gasteiger partial charge is 0.406 e. The summed E-state index contributed by atoms with van der Waals surface area (Å²) >= 11 is 0. The Morgan fingerprint density at radius 3 is 2.57 bits per heavy atom. The van der Waals surface area contributed by atoms with Crippen LogP contribution in [0.3, 0.4) is 0 Å². The van der Waals surface area contributed by atoms with Crippen molar-refractivity contribution in [1.82, 2.24) is 15.1 Å². The van der Waals surface area contributed by atoms with E-state index in [9.17, 15) is 22.8 Å². The van der Waals surface area contributed by atoms with E-state index in [4.69, 9.17) is 0 Å². The number of halogens is 4. The minimum atomic E-state index is -4.73. The van der Waals surface area contributed by atoms with Crippen LogP contribution in [0, 0.1) is 0 Å². The number of amides is 2. The summed E-state index contributed by atoms with van der Waals surface area (Å²) in [6.45, 7) is 2.86. The Morgan fingerprint density at radius 1 is 1.21 bits per heavy atom. The van der Waals surface area contributed by atoms with E-state index in [-0.39, 0.29) is 42.4 Å². The minimum Gasteiger partial charge on any atom is -0.406 e. The molecule has 28 heavy (non-hydrogen) atoms. The van der Waals surface area contributed by atoms with E-state index in [0.29, 0.717) is 31.7 Å². The van der Waals surface area contributed by atoms with E-state index in [0.717, 1.165) is 19.4 Å². The van der Waals surface area contributed by atoms with Gasteiger partial charge in [-0.1, -0.05) is 12.1 Å². The van der Waals surface area contributed by atoms with Crippen LogP contribution in [0.15, 0.2) is 24.3 Å². The molecular formula is C18H23ClF3N3O3. The lowest BCUT2D eigenvalue weighted by atomic mass is 10.0. The normalized spacial score (nSPS) is 20.5. The lowest BCUT2D eigenvalue weighted by Crippen LogP contribution is -2.57. The number of nitrogens with one attached hydrogen (secondary N) is 1. The fourth-order valence-corrected chi connectivity index (χ4v) is 3.54. The molecule has 0 spiro atoms. The zero-order valence-corrected chi connectivity index (χ0v) is 16.0. The van der Waals surface area contributed by atoms with Gasteiger partial charge in [-0.25, -0.2) is 0 Å². The van der Waals surface area contributed by atoms with Crippen molar-refractivity contribution >= 4 is 24.2 Å². The highest BCUT2D eigenvalue weighted by molar-refractivity contribution is 5.85. The number of piperazine rings is 1. The Hall–Kier alpha value is -2.00. The molecular weight excluding hydrogens is 399 g/mol. The number of ether oxygens (including phenoxy) is 1. The zero-order valence-electron chi connectivity index (χ0n) is 15.2. The van der Waals surface area contributed by atoms with Gasteiger partial charge in [0.2, 0.25) is 11.8 Å². The Kier molecular flexibility index (Phi) is 7.54. The first kappa shape index (κ1) is 22.3. The average molecular weight is 422 g/mol. The molecule has 1 N–H and O–H groups in total. The van der Waals surface area contributed by atoms with E-state index in [1.807, 2.05) is 4.90 Å². The van der Waals surface area contributed by atoms with E-state index in [1.54, 1.807) is 4.90 Å². The first-order valence-corrected chi connectivity index (χ1v) is 8.94. The number of carbonyl (C=O) groups is 2. The third-order valence-electron chi connectivity index (χ3n) is 4.83. The van der Waals surface area contributed by atoms with Gasteiger partial charge >= 0.3 is 6.36 Å². The van der Waals surface area contributed by atoms with Crippen molar-refractivity contribution in [1.29, 1.82) is 0 Å². The van der Waals surface area contributed by atoms with Gasteiger partial charge in [-0.3, -0.25) is 9.59 Å². The molecule has 2 aliphatic rings. The van der Waals surface area contributed by atoms with Crippen molar-refractivity contribution in [3.8, 4) is 5.75 Å². The predicted octanol–water partition coefficient (Wildman–Crippen LogP) is 1.97. The second-order valence-corrected chi connectivity index (χ2v) is 6.77. The molecule has 6 nitrogen and oxygen atoms in total. The summed E-state index contributed by atoms with van der Waals surface area (Å²) < 4.78 is 40.4. The number of alkyl halides is 3. The third-order valence-corrected chi connectivity index (χ3v) is 4.83. The van der Waals surface area contributed by atoms with Gasteiger partial charge in [0, 0.05) is 32.2 Å². The van der Waals surface area contributed by atoms with E-state index >= 15 is 0 Å². The molecule has 10 heteroatoms. The summed E-state index contributed by atoms with van der Waals surface area (Å²) in [6.07, 6.45) is -2.93. The van der Waals surface area contributed by atoms with Crippen LogP contribution >= 0.6 is 12.4 Å². The van der Waals surface area contributed by atoms with Crippen molar-refractivity contribution in [2.24, 2.45) is 0 Å². The van der Waals surface area contributed by atoms with Gasteiger partial charge in [0.05, 0.1) is 13.0 Å². The largest absolute Gasteiger partial charge is 0.573 e. The van der Waals surface area contributed by atoms with Crippen molar-refractivity contribution in [3.63, 3.8) is 0 Å². The van der Waals surface area contributed by atoms with Gasteiger partial charge in [-0.05, 0) is 30.5 Å². The van der Waals surface area contributed by atoms with E-state index in [1.165, 1.54) is 24.3 Å². The lowest BCUT2D eigenvalue weighted by molar-refractivity contribution is -0.274. The molecule has 2 fully saturated rings. The average Bonchev–Trinajstić information content (AvgIpc) is 2.62. The molecule has 2 heterocycles. The highest BCUT2D eigenvalue weighted by atomic mass is 35.5. The second-order valence-electron chi connectivity index (χ2n) is 6.77. The summed E-state index contributed by atoms with van der Waals surface area (Å²) in [6, 6.07) is 5.35. The van der Waals surface area contributed by atoms with Gasteiger partial charge < -0.3 is 19.9 Å². The third kappa shape index (κ3) is 6.00. The summed E-state index contributed by atoms with van der Waals surface area (Å²) in [5.41, 5.74) is 0.620. The first-order valence-electron chi connectivity index (χ1n) is 8.94. The molecule has 1 unspecified atom stereocenters. The van der Waals surface area contributed by atoms with Gasteiger partial charge in [0.1, 0.15) is 5.75 Å². The molecule has 0 bridgehead atoms. The van der Waals surface area contributed by atoms with Gasteiger partial charge in [-0.15, -0.1) is 25.6 Å². The van der Waals surface area contributed by atoms with Crippen molar-refractivity contribution in [2.45, 2.75) is 31.7 Å². The number of hydrogen-bond donors (Lipinski definition) is 1. The van der Waals surface area contributed by atoms with Gasteiger partial charge in [-0.2, -0.15) is 0 Å². The highest BCUT2D eigenvalue weighted by Gasteiger charge is 2.32. The molecule has 0 aliphatic carbocycles. The maximum Gasteiger partial charge on any atom is 0.573 e. The molecule has 2 saturated heterocycles. The van der Waals surface area contributed by atoms with Crippen LogP contribution in [0.4, 0.5) is 13.2 Å². The lowest BCUT2D eigenvalue weighted by Gasteiger charge is -2.41. The molecule has 2 aliphatic heterocycles. The van der Waals surface area contributed by atoms with Crippen LogP contribution in [0.5, 0.6) is 5.75 Å². The molecule has 0 saturated carbocycles. The van der Waals surface area contributed by atoms with Crippen molar-refractivity contribution in [3.05, 3.63) is 29.8 Å². The minimum absolute atomic E-state index is 0. The second kappa shape index (κ2) is 9.47. The maximum absolute atomic E-state index is 12.6. The molecule has 0 aromatic heterocycles. The zero-order chi connectivity index (χ0) is 19.4. The Balaban J connectivity index is 0.00000280. The number of piperidine rings is 1. The molecule has 0 radical (unpaired) electrons. The predicted molar refractivity (Wildman–Crippen MR) is 98.3 cm³/mol. The van der Waals surface area contributed by atoms with Crippen molar-refractivity contribution < 1.29 is 27.5 Å². The number of likely N-dealkylation sites (tertiary alicyclic amines) is 1. The monoisotopic (exact) mass is 421 g/mol. The van der Waals surface area contributed by atoms with Crippen LogP contribution in [0.1, 0.15) is 18.4 Å². The summed E-state index contributed by atoms with van der Waals surface area (Å²) in [5, 5.41) is 3.04. The SMILES string of the molecule is Cl.O=C(Cc1ccc(OC(F)(F)F)cc1)N1CCCC(N2CCNCC2=O)C1. The van der Waals surface area contributed by atoms with Gasteiger partial charge in [0.15, 0.2) is 0 Å². The fourth-order valence-electron chi connectivity index (χ4n) is 3.54. The quantitative estimate of drug-likeness (QED) is 0.807. The Bertz CT molecular complexity index is 685. The van der Waals surface area contributed by atoms with Crippen LogP contribution in [-0.4, -0.2) is 66.7 Å². The topological polar surface area (TPSA) is 61.9 Å². The molecule has 1 atom stereocenters. The Labute approximate surface area is 167 Å². The summed E-state index contributed by atoms with van der Waals surface area (Å²) in [5.74, 6) is -0.346. The van der Waals surface area contributed by atoms with E-state index in [2.05, 4.69) is 10.1 Å². The van der Waals surface area contributed by atoms with Crippen LogP contribution in [0.25, 0.3) is 0 Å². The number of rotatable bonds is 4. The number of nitrogens with zero attached hydrogens (tertiary/aromatic N) is 2. The van der Waals surface area contributed by atoms with Crippen LogP contribution in [-0.2, 0) is 16.0 Å².